The zero-order valence-corrected chi connectivity index (χ0v) is 21.9. The van der Waals surface area contributed by atoms with Crippen LogP contribution >= 0.6 is 22.6 Å². The minimum atomic E-state index is -1.07. The summed E-state index contributed by atoms with van der Waals surface area (Å²) in [6, 6.07) is 25.2. The Morgan fingerprint density at radius 2 is 1.78 bits per heavy atom. The number of carboxylic acid groups (broad SMARTS) is 1. The van der Waals surface area contributed by atoms with Crippen LogP contribution in [0.3, 0.4) is 0 Å². The molecule has 4 aromatic carbocycles. The predicted molar refractivity (Wildman–Crippen MR) is 150 cm³/mol. The zero-order chi connectivity index (χ0) is 26.4. The van der Waals surface area contributed by atoms with Gasteiger partial charge in [0.25, 0.3) is 5.91 Å². The monoisotopic (exact) mass is 604 g/mol. The van der Waals surface area contributed by atoms with Crippen LogP contribution < -0.4 is 14.8 Å². The molecule has 0 spiro atoms. The van der Waals surface area contributed by atoms with Crippen molar-refractivity contribution in [1.82, 2.24) is 0 Å². The van der Waals surface area contributed by atoms with Gasteiger partial charge < -0.3 is 19.9 Å². The molecule has 7 nitrogen and oxygen atoms in total. The molecule has 0 radical (unpaired) electrons. The van der Waals surface area contributed by atoms with E-state index in [1.165, 1.54) is 37.5 Å². The van der Waals surface area contributed by atoms with Crippen molar-refractivity contribution >= 4 is 57.0 Å². The molecule has 8 heteroatoms. The number of carbonyl (C=O) groups excluding carboxylic acids is 1. The van der Waals surface area contributed by atoms with Crippen LogP contribution in [-0.2, 0) is 11.4 Å². The van der Waals surface area contributed by atoms with Gasteiger partial charge in [-0.2, -0.15) is 5.26 Å². The van der Waals surface area contributed by atoms with E-state index in [0.717, 1.165) is 19.9 Å². The van der Waals surface area contributed by atoms with E-state index in [-0.39, 0.29) is 11.1 Å². The van der Waals surface area contributed by atoms with Crippen molar-refractivity contribution in [3.63, 3.8) is 0 Å². The van der Waals surface area contributed by atoms with Gasteiger partial charge in [0.05, 0.1) is 16.2 Å². The Morgan fingerprint density at radius 1 is 1.05 bits per heavy atom. The number of methoxy groups -OCH3 is 1. The van der Waals surface area contributed by atoms with E-state index in [9.17, 15) is 14.9 Å². The Bertz CT molecular complexity index is 1550. The van der Waals surface area contributed by atoms with Gasteiger partial charge in [0.15, 0.2) is 11.5 Å². The van der Waals surface area contributed by atoms with Gasteiger partial charge in [-0.1, -0.05) is 42.5 Å². The Labute approximate surface area is 227 Å². The number of ether oxygens (including phenoxy) is 2. The Balaban J connectivity index is 1.54. The second kappa shape index (κ2) is 11.6. The summed E-state index contributed by atoms with van der Waals surface area (Å²) in [5.74, 6) is -0.644. The zero-order valence-electron chi connectivity index (χ0n) is 19.7. The van der Waals surface area contributed by atoms with Crippen molar-refractivity contribution in [2.45, 2.75) is 6.61 Å². The molecule has 0 aliphatic carbocycles. The lowest BCUT2D eigenvalue weighted by molar-refractivity contribution is -0.112. The molecule has 184 valence electrons. The summed E-state index contributed by atoms with van der Waals surface area (Å²) in [4.78, 5) is 23.7. The summed E-state index contributed by atoms with van der Waals surface area (Å²) in [5, 5.41) is 23.4. The van der Waals surface area contributed by atoms with Crippen molar-refractivity contribution < 1.29 is 24.2 Å². The highest BCUT2D eigenvalue weighted by Crippen LogP contribution is 2.35. The minimum absolute atomic E-state index is 0.0958. The highest BCUT2D eigenvalue weighted by Gasteiger charge is 2.15. The number of hydrogen-bond acceptors (Lipinski definition) is 5. The highest BCUT2D eigenvalue weighted by atomic mass is 127. The van der Waals surface area contributed by atoms with Gasteiger partial charge in [-0.05, 0) is 87.0 Å². The van der Waals surface area contributed by atoms with Gasteiger partial charge in [-0.3, -0.25) is 4.79 Å². The lowest BCUT2D eigenvalue weighted by atomic mass is 10.1. The number of benzene rings is 4. The Hall–Kier alpha value is -4.36. The number of anilines is 1. The van der Waals surface area contributed by atoms with Crippen molar-refractivity contribution in [3.05, 3.63) is 105 Å². The summed E-state index contributed by atoms with van der Waals surface area (Å²) in [6.07, 6.45) is 1.46. The first-order chi connectivity index (χ1) is 17.9. The molecule has 0 fully saturated rings. The number of amides is 1. The number of carbonyl (C=O) groups is 2. The largest absolute Gasteiger partial charge is 0.493 e. The number of hydrogen-bond donors (Lipinski definition) is 2. The van der Waals surface area contributed by atoms with Crippen LogP contribution in [0.1, 0.15) is 21.5 Å². The second-order valence-corrected chi connectivity index (χ2v) is 9.13. The number of fused-ring (bicyclic) bond motifs is 1. The minimum Gasteiger partial charge on any atom is -0.493 e. The maximum Gasteiger partial charge on any atom is 0.335 e. The van der Waals surface area contributed by atoms with Crippen LogP contribution in [0, 0.1) is 14.9 Å². The summed E-state index contributed by atoms with van der Waals surface area (Å²) >= 11 is 2.13. The number of nitrogens with zero attached hydrogens (tertiary/aromatic N) is 1. The molecule has 0 bridgehead atoms. The van der Waals surface area contributed by atoms with Crippen LogP contribution in [0.2, 0.25) is 0 Å². The molecule has 0 aromatic heterocycles. The van der Waals surface area contributed by atoms with Crippen molar-refractivity contribution in [2.24, 2.45) is 0 Å². The molecule has 0 atom stereocenters. The molecule has 0 aliphatic heterocycles. The van der Waals surface area contributed by atoms with Crippen LogP contribution in [0.4, 0.5) is 5.69 Å². The first-order valence-electron chi connectivity index (χ1n) is 11.1. The third-order valence-corrected chi connectivity index (χ3v) is 6.37. The van der Waals surface area contributed by atoms with Crippen molar-refractivity contribution in [1.29, 1.82) is 5.26 Å². The average Bonchev–Trinajstić information content (AvgIpc) is 2.91. The lowest BCUT2D eigenvalue weighted by Gasteiger charge is -2.15. The maximum absolute atomic E-state index is 12.7. The number of carboxylic acids is 1. The molecule has 4 rings (SSSR count). The van der Waals surface area contributed by atoms with E-state index in [0.29, 0.717) is 29.4 Å². The number of nitriles is 1. The van der Waals surface area contributed by atoms with E-state index in [1.54, 1.807) is 12.1 Å². The van der Waals surface area contributed by atoms with Gasteiger partial charge in [0.2, 0.25) is 0 Å². The van der Waals surface area contributed by atoms with E-state index in [1.807, 2.05) is 30.3 Å². The fourth-order valence-corrected chi connectivity index (χ4v) is 4.52. The third kappa shape index (κ3) is 6.08. The molecular formula is C29H21IN2O5. The SMILES string of the molecule is COc1cc(/C=C(\C#N)C(=O)Nc2ccc(C(=O)O)cc2)cc(I)c1OCc1cccc2ccccc12. The second-order valence-electron chi connectivity index (χ2n) is 7.97. The van der Waals surface area contributed by atoms with Crippen molar-refractivity contribution in [2.75, 3.05) is 12.4 Å². The average molecular weight is 604 g/mol. The standard InChI is InChI=1S/C29H21IN2O5/c1-36-26-15-18(13-22(16-31)28(33)32-23-11-9-20(10-12-23)29(34)35)14-25(30)27(26)37-17-21-7-4-6-19-5-2-3-8-24(19)21/h2-15H,17H2,1H3,(H,32,33)(H,34,35)/b22-13+. The number of nitrogens with one attached hydrogen (secondary N) is 1. The quantitative estimate of drug-likeness (QED) is 0.139. The number of aromatic carboxylic acids is 1. The molecule has 1 amide bonds. The van der Waals surface area contributed by atoms with Crippen LogP contribution in [-0.4, -0.2) is 24.1 Å². The Morgan fingerprint density at radius 3 is 2.49 bits per heavy atom. The molecule has 37 heavy (non-hydrogen) atoms. The lowest BCUT2D eigenvalue weighted by Crippen LogP contribution is -2.13. The maximum atomic E-state index is 12.7. The molecule has 2 N–H and O–H groups in total. The fraction of sp³-hybridized carbons (Fsp3) is 0.0690. The topological polar surface area (TPSA) is 109 Å². The number of rotatable bonds is 8. The summed E-state index contributed by atoms with van der Waals surface area (Å²) in [6.45, 7) is 0.343. The highest BCUT2D eigenvalue weighted by molar-refractivity contribution is 14.1. The first-order valence-corrected chi connectivity index (χ1v) is 12.2. The van der Waals surface area contributed by atoms with E-state index >= 15 is 0 Å². The first kappa shape index (κ1) is 25.7. The van der Waals surface area contributed by atoms with Gasteiger partial charge in [-0.25, -0.2) is 4.79 Å². The molecule has 0 unspecified atom stereocenters. The van der Waals surface area contributed by atoms with Gasteiger partial charge >= 0.3 is 5.97 Å². The summed E-state index contributed by atoms with van der Waals surface area (Å²) in [7, 11) is 1.53. The number of halogens is 1. The molecular weight excluding hydrogens is 583 g/mol. The summed E-state index contributed by atoms with van der Waals surface area (Å²) in [5.41, 5.74) is 1.98. The van der Waals surface area contributed by atoms with Gasteiger partial charge in [0.1, 0.15) is 18.2 Å². The van der Waals surface area contributed by atoms with Gasteiger partial charge in [0, 0.05) is 5.69 Å². The molecule has 0 heterocycles. The fourth-order valence-electron chi connectivity index (χ4n) is 3.74. The summed E-state index contributed by atoms with van der Waals surface area (Å²) < 4.78 is 12.5. The van der Waals surface area contributed by atoms with Gasteiger partial charge in [-0.15, -0.1) is 0 Å². The van der Waals surface area contributed by atoms with E-state index in [4.69, 9.17) is 14.6 Å². The van der Waals surface area contributed by atoms with E-state index < -0.39 is 11.9 Å². The van der Waals surface area contributed by atoms with Crippen LogP contribution in [0.15, 0.2) is 84.4 Å². The third-order valence-electron chi connectivity index (χ3n) is 5.57. The predicted octanol–water partition coefficient (Wildman–Crippen LogP) is 6.28. The van der Waals surface area contributed by atoms with Crippen LogP contribution in [0.25, 0.3) is 16.8 Å². The molecule has 0 saturated heterocycles. The normalized spacial score (nSPS) is 11.0. The Kier molecular flexibility index (Phi) is 8.05. The smallest absolute Gasteiger partial charge is 0.335 e. The molecule has 0 saturated carbocycles. The molecule has 4 aromatic rings. The molecule has 0 aliphatic rings. The van der Waals surface area contributed by atoms with E-state index in [2.05, 4.69) is 46.1 Å². The van der Waals surface area contributed by atoms with Crippen LogP contribution in [0.5, 0.6) is 11.5 Å². The van der Waals surface area contributed by atoms with Crippen molar-refractivity contribution in [3.8, 4) is 17.6 Å².